The van der Waals surface area contributed by atoms with Gasteiger partial charge in [0.05, 0.1) is 13.5 Å². The third-order valence-electron chi connectivity index (χ3n) is 3.04. The highest BCUT2D eigenvalue weighted by atomic mass is 16.5. The molecule has 0 bridgehead atoms. The van der Waals surface area contributed by atoms with Crippen LogP contribution in [0, 0.1) is 0 Å². The first kappa shape index (κ1) is 11.8. The van der Waals surface area contributed by atoms with Crippen molar-refractivity contribution in [3.8, 4) is 0 Å². The predicted molar refractivity (Wildman–Crippen MR) is 64.0 cm³/mol. The first-order valence-corrected chi connectivity index (χ1v) is 5.90. The van der Waals surface area contributed by atoms with E-state index < -0.39 is 0 Å². The van der Waals surface area contributed by atoms with Crippen molar-refractivity contribution in [3.05, 3.63) is 35.4 Å². The highest BCUT2D eigenvalue weighted by Crippen LogP contribution is 2.40. The maximum absolute atomic E-state index is 11.9. The molecule has 3 nitrogen and oxygen atoms in total. The molecule has 3 heteroatoms. The molecule has 0 atom stereocenters. The summed E-state index contributed by atoms with van der Waals surface area (Å²) in [6, 6.07) is 7.75. The number of benzene rings is 1. The van der Waals surface area contributed by atoms with Gasteiger partial charge in [-0.2, -0.15) is 0 Å². The van der Waals surface area contributed by atoms with Gasteiger partial charge in [0, 0.05) is 12.0 Å². The molecule has 0 aliphatic heterocycles. The van der Waals surface area contributed by atoms with Crippen molar-refractivity contribution < 1.29 is 14.3 Å². The van der Waals surface area contributed by atoms with Gasteiger partial charge in [-0.25, -0.2) is 0 Å². The molecule has 1 aliphatic rings. The molecule has 0 spiro atoms. The van der Waals surface area contributed by atoms with Crippen LogP contribution in [0.5, 0.6) is 0 Å². The second-order valence-electron chi connectivity index (χ2n) is 4.40. The summed E-state index contributed by atoms with van der Waals surface area (Å²) in [5.74, 6) is 0.318. The van der Waals surface area contributed by atoms with Gasteiger partial charge in [0.1, 0.15) is 0 Å². The zero-order valence-electron chi connectivity index (χ0n) is 9.94. The quantitative estimate of drug-likeness (QED) is 0.579. The van der Waals surface area contributed by atoms with Crippen LogP contribution in [0.4, 0.5) is 0 Å². The lowest BCUT2D eigenvalue weighted by molar-refractivity contribution is -0.140. The Morgan fingerprint density at radius 2 is 2.06 bits per heavy atom. The summed E-state index contributed by atoms with van der Waals surface area (Å²) in [6.45, 7) is 0. The first-order chi connectivity index (χ1) is 8.20. The molecule has 0 radical (unpaired) electrons. The Morgan fingerprint density at radius 1 is 1.29 bits per heavy atom. The second-order valence-corrected chi connectivity index (χ2v) is 4.40. The zero-order valence-corrected chi connectivity index (χ0v) is 9.94. The van der Waals surface area contributed by atoms with Crippen LogP contribution in [0.2, 0.25) is 0 Å². The summed E-state index contributed by atoms with van der Waals surface area (Å²) in [6.07, 6.45) is 2.82. The zero-order chi connectivity index (χ0) is 12.3. The smallest absolute Gasteiger partial charge is 0.305 e. The molecule has 1 saturated carbocycles. The number of hydrogen-bond acceptors (Lipinski definition) is 3. The summed E-state index contributed by atoms with van der Waals surface area (Å²) in [5.41, 5.74) is 1.95. The lowest BCUT2D eigenvalue weighted by Crippen LogP contribution is -2.06. The van der Waals surface area contributed by atoms with Crippen LogP contribution in [-0.2, 0) is 9.53 Å². The lowest BCUT2D eigenvalue weighted by Gasteiger charge is -2.03. The molecule has 1 fully saturated rings. The summed E-state index contributed by atoms with van der Waals surface area (Å²) in [5, 5.41) is 0. The van der Waals surface area contributed by atoms with Crippen molar-refractivity contribution in [2.75, 3.05) is 7.11 Å². The van der Waals surface area contributed by atoms with Crippen molar-refractivity contribution >= 4 is 11.8 Å². The largest absolute Gasteiger partial charge is 0.469 e. The standard InChI is InChI=1S/C14H16O3/c1-17-14(16)8-7-13(15)12-4-2-3-11(9-12)10-5-6-10/h2-4,9-10H,5-8H2,1H3. The van der Waals surface area contributed by atoms with Gasteiger partial charge in [-0.1, -0.05) is 18.2 Å². The van der Waals surface area contributed by atoms with E-state index >= 15 is 0 Å². The van der Waals surface area contributed by atoms with Crippen molar-refractivity contribution in [2.45, 2.75) is 31.6 Å². The van der Waals surface area contributed by atoms with E-state index in [0.717, 1.165) is 0 Å². The van der Waals surface area contributed by atoms with Crippen LogP contribution in [0.25, 0.3) is 0 Å². The Kier molecular flexibility index (Phi) is 3.57. The van der Waals surface area contributed by atoms with Crippen molar-refractivity contribution in [1.29, 1.82) is 0 Å². The molecule has 0 saturated heterocycles. The van der Waals surface area contributed by atoms with Gasteiger partial charge in [0.15, 0.2) is 5.78 Å². The molecular weight excluding hydrogens is 216 g/mol. The Morgan fingerprint density at radius 3 is 2.71 bits per heavy atom. The van der Waals surface area contributed by atoms with E-state index in [4.69, 9.17) is 0 Å². The fraction of sp³-hybridized carbons (Fsp3) is 0.429. The third kappa shape index (κ3) is 3.16. The minimum absolute atomic E-state index is 0.0119. The summed E-state index contributed by atoms with van der Waals surface area (Å²) >= 11 is 0. The molecule has 1 aromatic carbocycles. The van der Waals surface area contributed by atoms with Gasteiger partial charge in [-0.15, -0.1) is 0 Å². The minimum atomic E-state index is -0.336. The number of carbonyl (C=O) groups is 2. The first-order valence-electron chi connectivity index (χ1n) is 5.90. The molecule has 0 N–H and O–H groups in total. The van der Waals surface area contributed by atoms with Crippen LogP contribution >= 0.6 is 0 Å². The van der Waals surface area contributed by atoms with E-state index in [2.05, 4.69) is 10.8 Å². The Labute approximate surface area is 101 Å². The lowest BCUT2D eigenvalue weighted by atomic mass is 10.0. The van der Waals surface area contributed by atoms with Gasteiger partial charge in [-0.05, 0) is 30.4 Å². The fourth-order valence-electron chi connectivity index (χ4n) is 1.84. The van der Waals surface area contributed by atoms with Crippen LogP contribution < -0.4 is 0 Å². The Hall–Kier alpha value is -1.64. The highest BCUT2D eigenvalue weighted by Gasteiger charge is 2.23. The average molecular weight is 232 g/mol. The van der Waals surface area contributed by atoms with Crippen LogP contribution in [0.1, 0.15) is 47.5 Å². The number of methoxy groups -OCH3 is 1. The Balaban J connectivity index is 1.98. The molecule has 1 aromatic rings. The summed E-state index contributed by atoms with van der Waals surface area (Å²) in [4.78, 5) is 22.8. The molecule has 17 heavy (non-hydrogen) atoms. The maximum atomic E-state index is 11.9. The van der Waals surface area contributed by atoms with Crippen molar-refractivity contribution in [2.24, 2.45) is 0 Å². The van der Waals surface area contributed by atoms with Crippen LogP contribution in [0.3, 0.4) is 0 Å². The van der Waals surface area contributed by atoms with Gasteiger partial charge in [0.25, 0.3) is 0 Å². The monoisotopic (exact) mass is 232 g/mol. The van der Waals surface area contributed by atoms with Gasteiger partial charge < -0.3 is 4.74 Å². The number of Topliss-reactive ketones (excluding diaryl/α,β-unsaturated/α-hetero) is 1. The van der Waals surface area contributed by atoms with E-state index in [1.165, 1.54) is 25.5 Å². The number of ether oxygens (including phenoxy) is 1. The SMILES string of the molecule is COC(=O)CCC(=O)c1cccc(C2CC2)c1. The number of carbonyl (C=O) groups excluding carboxylic acids is 2. The molecule has 0 unspecified atom stereocenters. The average Bonchev–Trinajstić information content (AvgIpc) is 3.20. The van der Waals surface area contributed by atoms with Crippen molar-refractivity contribution in [3.63, 3.8) is 0 Å². The van der Waals surface area contributed by atoms with E-state index in [9.17, 15) is 9.59 Å². The van der Waals surface area contributed by atoms with E-state index in [0.29, 0.717) is 11.5 Å². The third-order valence-corrected chi connectivity index (χ3v) is 3.04. The topological polar surface area (TPSA) is 43.4 Å². The molecule has 0 aromatic heterocycles. The molecule has 2 rings (SSSR count). The van der Waals surface area contributed by atoms with E-state index in [1.807, 2.05) is 18.2 Å². The Bertz CT molecular complexity index is 433. The van der Waals surface area contributed by atoms with Gasteiger partial charge in [0.2, 0.25) is 0 Å². The van der Waals surface area contributed by atoms with Gasteiger partial charge >= 0.3 is 5.97 Å². The molecular formula is C14H16O3. The number of rotatable bonds is 5. The fourth-order valence-corrected chi connectivity index (χ4v) is 1.84. The van der Waals surface area contributed by atoms with E-state index in [1.54, 1.807) is 0 Å². The predicted octanol–water partition coefficient (Wildman–Crippen LogP) is 2.70. The minimum Gasteiger partial charge on any atom is -0.469 e. The molecule has 1 aliphatic carbocycles. The summed E-state index contributed by atoms with van der Waals surface area (Å²) in [7, 11) is 1.33. The number of hydrogen-bond donors (Lipinski definition) is 0. The molecule has 0 heterocycles. The molecule has 0 amide bonds. The second kappa shape index (κ2) is 5.13. The van der Waals surface area contributed by atoms with Crippen LogP contribution in [-0.4, -0.2) is 18.9 Å². The highest BCUT2D eigenvalue weighted by molar-refractivity contribution is 5.97. The molecule has 90 valence electrons. The normalized spacial score (nSPS) is 14.4. The van der Waals surface area contributed by atoms with Gasteiger partial charge in [-0.3, -0.25) is 9.59 Å². The number of ketones is 1. The van der Waals surface area contributed by atoms with E-state index in [-0.39, 0.29) is 24.6 Å². The maximum Gasteiger partial charge on any atom is 0.305 e. The summed E-state index contributed by atoms with van der Waals surface area (Å²) < 4.78 is 4.52. The van der Waals surface area contributed by atoms with Crippen LogP contribution in [0.15, 0.2) is 24.3 Å². The number of esters is 1. The van der Waals surface area contributed by atoms with Crippen molar-refractivity contribution in [1.82, 2.24) is 0 Å².